The third-order valence-corrected chi connectivity index (χ3v) is 14.4. The molecule has 10 heteroatoms. The zero-order valence-corrected chi connectivity index (χ0v) is 49.0. The monoisotopic (exact) mass is 1020 g/mol. The highest BCUT2D eigenvalue weighted by atomic mass is 16.6. The molecular formula is C62H120N2O8. The fraction of sp³-hybridized carbons (Fsp3) is 0.935. The molecule has 0 saturated heterocycles. The lowest BCUT2D eigenvalue weighted by Crippen LogP contribution is -2.37. The molecule has 426 valence electrons. The number of carbonyl (C=O) groups excluding carboxylic acids is 4. The lowest BCUT2D eigenvalue weighted by atomic mass is 10.0. The van der Waals surface area contributed by atoms with Crippen molar-refractivity contribution in [3.63, 3.8) is 0 Å². The Bertz CT molecular complexity index is 1150. The van der Waals surface area contributed by atoms with Gasteiger partial charge in [0.2, 0.25) is 0 Å². The van der Waals surface area contributed by atoms with Gasteiger partial charge in [0.15, 0.2) is 0 Å². The number of amides is 1. The second-order valence-corrected chi connectivity index (χ2v) is 21.9. The molecule has 0 N–H and O–H groups in total. The number of carbonyl (C=O) groups is 4. The van der Waals surface area contributed by atoms with Crippen molar-refractivity contribution in [3.8, 4) is 0 Å². The van der Waals surface area contributed by atoms with Crippen molar-refractivity contribution >= 4 is 24.0 Å². The Balaban J connectivity index is 5.24. The van der Waals surface area contributed by atoms with E-state index in [1.165, 1.54) is 77.0 Å². The van der Waals surface area contributed by atoms with Crippen LogP contribution in [-0.4, -0.2) is 91.9 Å². The van der Waals surface area contributed by atoms with Gasteiger partial charge >= 0.3 is 24.0 Å². The summed E-state index contributed by atoms with van der Waals surface area (Å²) >= 11 is 0. The van der Waals surface area contributed by atoms with Gasteiger partial charge < -0.3 is 28.7 Å². The number of unbranched alkanes of at least 4 members (excludes halogenated alkanes) is 23. The zero-order chi connectivity index (χ0) is 53.1. The van der Waals surface area contributed by atoms with Crippen LogP contribution in [0, 0.1) is 0 Å². The second-order valence-electron chi connectivity index (χ2n) is 21.9. The van der Waals surface area contributed by atoms with Crippen molar-refractivity contribution in [1.82, 2.24) is 9.80 Å². The average molecular weight is 1020 g/mol. The topological polar surface area (TPSA) is 112 Å². The van der Waals surface area contributed by atoms with Gasteiger partial charge in [-0.3, -0.25) is 14.4 Å². The van der Waals surface area contributed by atoms with E-state index in [0.717, 1.165) is 180 Å². The Morgan fingerprint density at radius 3 is 0.958 bits per heavy atom. The quantitative estimate of drug-likeness (QED) is 0.0334. The first-order valence-electron chi connectivity index (χ1n) is 31.2. The van der Waals surface area contributed by atoms with Crippen LogP contribution in [0.3, 0.4) is 0 Å². The normalized spacial score (nSPS) is 12.1. The summed E-state index contributed by atoms with van der Waals surface area (Å²) in [7, 11) is 4.11. The first-order valence-corrected chi connectivity index (χ1v) is 31.2. The first kappa shape index (κ1) is 69.6. The van der Waals surface area contributed by atoms with Crippen molar-refractivity contribution in [2.24, 2.45) is 0 Å². The van der Waals surface area contributed by atoms with E-state index in [1.807, 2.05) is 4.90 Å². The molecule has 10 nitrogen and oxygen atoms in total. The highest BCUT2D eigenvalue weighted by Crippen LogP contribution is 2.22. The minimum atomic E-state index is -0.234. The molecule has 0 fully saturated rings. The number of rotatable bonds is 54. The van der Waals surface area contributed by atoms with Gasteiger partial charge in [-0.1, -0.05) is 176 Å². The van der Waals surface area contributed by atoms with Crippen molar-refractivity contribution < 1.29 is 38.1 Å². The Morgan fingerprint density at radius 2 is 0.611 bits per heavy atom. The molecule has 0 aromatic carbocycles. The molecule has 0 aliphatic carbocycles. The maximum atomic E-state index is 13.9. The molecular weight excluding hydrogens is 901 g/mol. The number of esters is 3. The molecule has 0 bridgehead atoms. The van der Waals surface area contributed by atoms with Gasteiger partial charge in [-0.15, -0.1) is 0 Å². The fourth-order valence-electron chi connectivity index (χ4n) is 9.74. The molecule has 0 aromatic heterocycles. The predicted octanol–water partition coefficient (Wildman–Crippen LogP) is 18.0. The Morgan fingerprint density at radius 1 is 0.306 bits per heavy atom. The number of hydrogen-bond donors (Lipinski definition) is 0. The lowest BCUT2D eigenvalue weighted by molar-refractivity contribution is -0.151. The van der Waals surface area contributed by atoms with Gasteiger partial charge in [-0.2, -0.15) is 0 Å². The molecule has 72 heavy (non-hydrogen) atoms. The molecule has 0 spiro atoms. The highest BCUT2D eigenvalue weighted by molar-refractivity contribution is 5.70. The van der Waals surface area contributed by atoms with E-state index in [9.17, 15) is 19.2 Å². The molecule has 0 saturated carbocycles. The standard InChI is InChI=1S/C62H120N2O8/c1-9-15-19-31-43-56(44-32-20-16-10-2)70-60(66)49-37-29-25-23-27-35-47-58(72-62(68)64(54-41-52-63(7)8)53-40-39-51-59(65)69-55(14-6)42-13-5)48-36-28-24-26-30-38-50-61(67)71-57(45-33-21-17-11-3)46-34-22-18-12-4/h55-58H,9-54H2,1-8H3. The van der Waals surface area contributed by atoms with Crippen LogP contribution in [0.15, 0.2) is 0 Å². The van der Waals surface area contributed by atoms with Crippen molar-refractivity contribution in [3.05, 3.63) is 0 Å². The summed E-state index contributed by atoms with van der Waals surface area (Å²) in [5.74, 6) is -0.185. The third-order valence-electron chi connectivity index (χ3n) is 14.4. The van der Waals surface area contributed by atoms with E-state index < -0.39 is 0 Å². The first-order chi connectivity index (χ1) is 35.0. The van der Waals surface area contributed by atoms with Crippen molar-refractivity contribution in [2.75, 3.05) is 33.7 Å². The van der Waals surface area contributed by atoms with Crippen LogP contribution < -0.4 is 0 Å². The van der Waals surface area contributed by atoms with Crippen LogP contribution >= 0.6 is 0 Å². The fourth-order valence-corrected chi connectivity index (χ4v) is 9.74. The smallest absolute Gasteiger partial charge is 0.410 e. The number of ether oxygens (including phenoxy) is 4. The summed E-state index contributed by atoms with van der Waals surface area (Å²) in [6.07, 6.45) is 43.6. The Kier molecular flexibility index (Phi) is 50.4. The van der Waals surface area contributed by atoms with Crippen LogP contribution in [0.25, 0.3) is 0 Å². The van der Waals surface area contributed by atoms with E-state index >= 15 is 0 Å². The van der Waals surface area contributed by atoms with Gasteiger partial charge in [0.05, 0.1) is 0 Å². The predicted molar refractivity (Wildman–Crippen MR) is 303 cm³/mol. The van der Waals surface area contributed by atoms with Crippen LogP contribution in [0.2, 0.25) is 0 Å². The molecule has 0 radical (unpaired) electrons. The summed E-state index contributed by atoms with van der Waals surface area (Å²) in [5, 5.41) is 0. The average Bonchev–Trinajstić information content (AvgIpc) is 3.35. The second kappa shape index (κ2) is 52.1. The third kappa shape index (κ3) is 45.1. The summed E-state index contributed by atoms with van der Waals surface area (Å²) in [6.45, 7) is 15.2. The number of nitrogens with zero attached hydrogens (tertiary/aromatic N) is 2. The molecule has 1 unspecified atom stereocenters. The van der Waals surface area contributed by atoms with Crippen LogP contribution in [0.1, 0.15) is 318 Å². The van der Waals surface area contributed by atoms with Gasteiger partial charge in [-0.05, 0) is 143 Å². The zero-order valence-electron chi connectivity index (χ0n) is 49.0. The highest BCUT2D eigenvalue weighted by Gasteiger charge is 2.22. The Labute approximate surface area is 446 Å². The lowest BCUT2D eigenvalue weighted by Gasteiger charge is -2.26. The maximum Gasteiger partial charge on any atom is 0.410 e. The summed E-state index contributed by atoms with van der Waals surface area (Å²) in [4.78, 5) is 56.2. The molecule has 0 aliphatic heterocycles. The van der Waals surface area contributed by atoms with E-state index in [4.69, 9.17) is 18.9 Å². The maximum absolute atomic E-state index is 13.9. The van der Waals surface area contributed by atoms with Gasteiger partial charge in [-0.25, -0.2) is 4.79 Å². The molecule has 1 atom stereocenters. The molecule has 0 aliphatic rings. The van der Waals surface area contributed by atoms with E-state index in [-0.39, 0.29) is 48.4 Å². The van der Waals surface area contributed by atoms with E-state index in [1.54, 1.807) is 0 Å². The molecule has 0 rings (SSSR count). The van der Waals surface area contributed by atoms with Crippen LogP contribution in [-0.2, 0) is 33.3 Å². The molecule has 0 aromatic rings. The van der Waals surface area contributed by atoms with Crippen molar-refractivity contribution in [1.29, 1.82) is 0 Å². The van der Waals surface area contributed by atoms with E-state index in [2.05, 4.69) is 60.5 Å². The minimum Gasteiger partial charge on any atom is -0.462 e. The van der Waals surface area contributed by atoms with Crippen molar-refractivity contribution in [2.45, 2.75) is 342 Å². The van der Waals surface area contributed by atoms with Gasteiger partial charge in [0, 0.05) is 32.4 Å². The number of hydrogen-bond acceptors (Lipinski definition) is 9. The summed E-state index contributed by atoms with van der Waals surface area (Å²) < 4.78 is 24.1. The van der Waals surface area contributed by atoms with Gasteiger partial charge in [0.25, 0.3) is 0 Å². The van der Waals surface area contributed by atoms with Crippen LogP contribution in [0.5, 0.6) is 0 Å². The largest absolute Gasteiger partial charge is 0.462 e. The van der Waals surface area contributed by atoms with Crippen LogP contribution in [0.4, 0.5) is 4.79 Å². The Hall–Kier alpha value is -2.36. The summed E-state index contributed by atoms with van der Waals surface area (Å²) in [5.41, 5.74) is 0. The molecule has 1 amide bonds. The van der Waals surface area contributed by atoms with Gasteiger partial charge in [0.1, 0.15) is 24.4 Å². The minimum absolute atomic E-state index is 0.0106. The molecule has 0 heterocycles. The van der Waals surface area contributed by atoms with E-state index in [0.29, 0.717) is 38.8 Å². The summed E-state index contributed by atoms with van der Waals surface area (Å²) in [6, 6.07) is 0. The SMILES string of the molecule is CCCCCCC(CCCCCC)OC(=O)CCCCCCCCC(CCCCCCCCC(=O)OC(CCCCCC)CCCCCC)OC(=O)N(CCCCC(=O)OC(CC)CCC)CCCN(C)C.